The van der Waals surface area contributed by atoms with E-state index in [1.165, 1.54) is 19.1 Å². The second-order valence-corrected chi connectivity index (χ2v) is 2.71. The fourth-order valence-electron chi connectivity index (χ4n) is 0.853. The second kappa shape index (κ2) is 2.52. The highest BCUT2D eigenvalue weighted by Gasteiger charge is 2.37. The Balaban J connectivity index is 2.84. The van der Waals surface area contributed by atoms with Crippen molar-refractivity contribution >= 4 is 0 Å². The maximum atomic E-state index is 12.0. The number of allylic oxidation sites excluding steroid dienone is 3. The molecule has 0 aromatic heterocycles. The molecule has 0 saturated heterocycles. The molecule has 0 aromatic carbocycles. The number of dihydropyridines is 1. The molecule has 1 aliphatic rings. The predicted octanol–water partition coefficient (Wildman–Crippen LogP) is 1.30. The molecule has 0 amide bonds. The fourth-order valence-corrected chi connectivity index (χ4v) is 0.853. The molecule has 0 saturated carbocycles. The van der Waals surface area contributed by atoms with Gasteiger partial charge in [0.1, 0.15) is 5.70 Å². The minimum atomic E-state index is -4.44. The first kappa shape index (κ1) is 9.12. The highest BCUT2D eigenvalue weighted by Crippen LogP contribution is 2.27. The molecule has 1 unspecified atom stereocenters. The van der Waals surface area contributed by atoms with Gasteiger partial charge in [-0.05, 0) is 19.1 Å². The van der Waals surface area contributed by atoms with Gasteiger partial charge in [-0.1, -0.05) is 6.08 Å². The summed E-state index contributed by atoms with van der Waals surface area (Å²) >= 11 is 0. The number of aliphatic hydroxyl groups is 1. The summed E-state index contributed by atoms with van der Waals surface area (Å²) < 4.78 is 36.0. The van der Waals surface area contributed by atoms with Crippen molar-refractivity contribution in [1.29, 1.82) is 0 Å². The maximum Gasteiger partial charge on any atom is 0.431 e. The molecule has 0 aliphatic carbocycles. The van der Waals surface area contributed by atoms with Gasteiger partial charge in [-0.3, -0.25) is 0 Å². The lowest BCUT2D eigenvalue weighted by Crippen LogP contribution is -2.44. The van der Waals surface area contributed by atoms with Crippen LogP contribution in [0.3, 0.4) is 0 Å². The highest BCUT2D eigenvalue weighted by molar-refractivity contribution is 5.24. The third kappa shape index (κ3) is 2.01. The summed E-state index contributed by atoms with van der Waals surface area (Å²) in [4.78, 5) is 0. The van der Waals surface area contributed by atoms with Crippen molar-refractivity contribution < 1.29 is 18.3 Å². The van der Waals surface area contributed by atoms with E-state index in [9.17, 15) is 13.2 Å². The van der Waals surface area contributed by atoms with Crippen LogP contribution in [0.5, 0.6) is 0 Å². The van der Waals surface area contributed by atoms with Crippen LogP contribution >= 0.6 is 0 Å². The van der Waals surface area contributed by atoms with E-state index >= 15 is 0 Å². The van der Waals surface area contributed by atoms with Crippen molar-refractivity contribution in [3.05, 3.63) is 23.9 Å². The minimum Gasteiger partial charge on any atom is -0.368 e. The quantitative estimate of drug-likeness (QED) is 0.587. The molecule has 0 bridgehead atoms. The number of alkyl halides is 3. The Labute approximate surface area is 67.4 Å². The van der Waals surface area contributed by atoms with Gasteiger partial charge in [-0.15, -0.1) is 0 Å². The molecule has 0 aromatic rings. The third-order valence-electron chi connectivity index (χ3n) is 1.38. The van der Waals surface area contributed by atoms with Gasteiger partial charge in [-0.25, -0.2) is 0 Å². The summed E-state index contributed by atoms with van der Waals surface area (Å²) in [5.74, 6) is 0. The average Bonchev–Trinajstić information content (AvgIpc) is 1.83. The van der Waals surface area contributed by atoms with Gasteiger partial charge in [0.15, 0.2) is 5.72 Å². The van der Waals surface area contributed by atoms with Gasteiger partial charge >= 0.3 is 6.18 Å². The molecule has 0 radical (unpaired) electrons. The number of halogens is 3. The van der Waals surface area contributed by atoms with Crippen LogP contribution in [0.15, 0.2) is 23.9 Å². The molecule has 1 rings (SSSR count). The van der Waals surface area contributed by atoms with E-state index in [1.54, 1.807) is 0 Å². The van der Waals surface area contributed by atoms with Gasteiger partial charge in [0, 0.05) is 0 Å². The zero-order chi connectivity index (χ0) is 9.41. The zero-order valence-corrected chi connectivity index (χ0v) is 6.31. The first-order valence-corrected chi connectivity index (χ1v) is 3.28. The van der Waals surface area contributed by atoms with Crippen LogP contribution in [0.2, 0.25) is 0 Å². The van der Waals surface area contributed by atoms with Gasteiger partial charge in [0.2, 0.25) is 0 Å². The number of hydrogen-bond donors (Lipinski definition) is 2. The second-order valence-electron chi connectivity index (χ2n) is 2.71. The minimum absolute atomic E-state index is 0.873. The lowest BCUT2D eigenvalue weighted by Gasteiger charge is -2.27. The van der Waals surface area contributed by atoms with Crippen molar-refractivity contribution in [2.75, 3.05) is 0 Å². The summed E-state index contributed by atoms with van der Waals surface area (Å²) in [6, 6.07) is 0. The van der Waals surface area contributed by atoms with Crippen molar-refractivity contribution in [1.82, 2.24) is 5.32 Å². The molecule has 12 heavy (non-hydrogen) atoms. The predicted molar refractivity (Wildman–Crippen MR) is 37.0 cm³/mol. The Morgan fingerprint density at radius 2 is 2.08 bits per heavy atom. The summed E-state index contributed by atoms with van der Waals surface area (Å²) in [6.07, 6.45) is -1.16. The van der Waals surface area contributed by atoms with Crippen LogP contribution < -0.4 is 5.32 Å². The summed E-state index contributed by atoms with van der Waals surface area (Å²) in [5.41, 5.74) is -2.55. The van der Waals surface area contributed by atoms with E-state index in [0.29, 0.717) is 0 Å². The average molecular weight is 179 g/mol. The smallest absolute Gasteiger partial charge is 0.368 e. The van der Waals surface area contributed by atoms with Crippen LogP contribution in [0.4, 0.5) is 13.2 Å². The first-order chi connectivity index (χ1) is 5.31. The van der Waals surface area contributed by atoms with Gasteiger partial charge in [0.05, 0.1) is 0 Å². The molecule has 1 atom stereocenters. The van der Waals surface area contributed by atoms with Gasteiger partial charge in [0.25, 0.3) is 0 Å². The molecule has 5 heteroatoms. The van der Waals surface area contributed by atoms with Gasteiger partial charge in [-0.2, -0.15) is 13.2 Å². The van der Waals surface area contributed by atoms with Crippen molar-refractivity contribution in [3.8, 4) is 0 Å². The number of hydrogen-bond acceptors (Lipinski definition) is 2. The van der Waals surface area contributed by atoms with E-state index in [2.05, 4.69) is 0 Å². The monoisotopic (exact) mass is 179 g/mol. The van der Waals surface area contributed by atoms with Crippen LogP contribution in [0, 0.1) is 0 Å². The Morgan fingerprint density at radius 3 is 2.42 bits per heavy atom. The van der Waals surface area contributed by atoms with E-state index < -0.39 is 17.6 Å². The Morgan fingerprint density at radius 1 is 1.50 bits per heavy atom. The topological polar surface area (TPSA) is 32.3 Å². The van der Waals surface area contributed by atoms with Crippen LogP contribution in [-0.2, 0) is 0 Å². The van der Waals surface area contributed by atoms with Crippen molar-refractivity contribution in [3.63, 3.8) is 0 Å². The Bertz CT molecular complexity index is 240. The standard InChI is InChI=1S/C7H8F3NO/c1-6(12)4-2-3-5(11-6)7(8,9)10/h2-4,11-12H,1H3. The summed E-state index contributed by atoms with van der Waals surface area (Å²) in [6.45, 7) is 1.24. The molecular weight excluding hydrogens is 171 g/mol. The van der Waals surface area contributed by atoms with E-state index in [1.807, 2.05) is 5.32 Å². The van der Waals surface area contributed by atoms with Crippen LogP contribution in [0.1, 0.15) is 6.92 Å². The van der Waals surface area contributed by atoms with Crippen molar-refractivity contribution in [2.45, 2.75) is 18.8 Å². The molecule has 68 valence electrons. The number of rotatable bonds is 0. The van der Waals surface area contributed by atoms with E-state index in [-0.39, 0.29) is 0 Å². The van der Waals surface area contributed by atoms with Crippen LogP contribution in [-0.4, -0.2) is 17.0 Å². The maximum absolute atomic E-state index is 12.0. The highest BCUT2D eigenvalue weighted by atomic mass is 19.4. The summed E-state index contributed by atoms with van der Waals surface area (Å²) in [7, 11) is 0. The normalized spacial score (nSPS) is 29.6. The molecule has 0 spiro atoms. The lowest BCUT2D eigenvalue weighted by atomic mass is 10.1. The number of nitrogens with one attached hydrogen (secondary N) is 1. The molecule has 2 N–H and O–H groups in total. The van der Waals surface area contributed by atoms with Crippen LogP contribution in [0.25, 0.3) is 0 Å². The fraction of sp³-hybridized carbons (Fsp3) is 0.429. The lowest BCUT2D eigenvalue weighted by molar-refractivity contribution is -0.105. The molecule has 1 heterocycles. The Kier molecular flexibility index (Phi) is 1.91. The van der Waals surface area contributed by atoms with Gasteiger partial charge < -0.3 is 10.4 Å². The molecule has 2 nitrogen and oxygen atoms in total. The molecule has 1 aliphatic heterocycles. The largest absolute Gasteiger partial charge is 0.431 e. The first-order valence-electron chi connectivity index (χ1n) is 3.28. The summed E-state index contributed by atoms with van der Waals surface area (Å²) in [5, 5.41) is 11.1. The van der Waals surface area contributed by atoms with Crippen molar-refractivity contribution in [2.24, 2.45) is 0 Å². The Hall–Kier alpha value is -0.970. The SMILES string of the molecule is CC1(O)C=CC=C(C(F)(F)F)N1. The molecular formula is C7H8F3NO. The third-order valence-corrected chi connectivity index (χ3v) is 1.38. The molecule has 0 fully saturated rings. The van der Waals surface area contributed by atoms with E-state index in [0.717, 1.165) is 6.08 Å². The van der Waals surface area contributed by atoms with E-state index in [4.69, 9.17) is 5.11 Å². The zero-order valence-electron chi connectivity index (χ0n) is 6.31.